The first kappa shape index (κ1) is 18.9. The molecule has 0 fully saturated rings. The molecular formula is C20H21BrN2O2. The maximum Gasteiger partial charge on any atom is 0.251 e. The zero-order chi connectivity index (χ0) is 18.2. The largest absolute Gasteiger partial charge is 0.349 e. The second-order valence-corrected chi connectivity index (χ2v) is 6.74. The van der Waals surface area contributed by atoms with Crippen molar-refractivity contribution in [1.82, 2.24) is 10.6 Å². The number of amides is 2. The van der Waals surface area contributed by atoms with Crippen molar-refractivity contribution in [1.29, 1.82) is 0 Å². The highest BCUT2D eigenvalue weighted by molar-refractivity contribution is 9.10. The van der Waals surface area contributed by atoms with Gasteiger partial charge in [0.05, 0.1) is 0 Å². The van der Waals surface area contributed by atoms with Gasteiger partial charge < -0.3 is 10.6 Å². The lowest BCUT2D eigenvalue weighted by Gasteiger charge is -2.14. The van der Waals surface area contributed by atoms with Crippen LogP contribution < -0.4 is 10.6 Å². The summed E-state index contributed by atoms with van der Waals surface area (Å²) in [6.45, 7) is 5.80. The fraction of sp³-hybridized carbons (Fsp3) is 0.200. The predicted octanol–water partition coefficient (Wildman–Crippen LogP) is 3.61. The van der Waals surface area contributed by atoms with Crippen molar-refractivity contribution < 1.29 is 9.59 Å². The molecule has 0 aliphatic heterocycles. The van der Waals surface area contributed by atoms with E-state index < -0.39 is 0 Å². The van der Waals surface area contributed by atoms with Crippen molar-refractivity contribution in [3.05, 3.63) is 82.3 Å². The third-order valence-electron chi connectivity index (χ3n) is 3.70. The van der Waals surface area contributed by atoms with Gasteiger partial charge in [-0.3, -0.25) is 9.59 Å². The van der Waals surface area contributed by atoms with Crippen molar-refractivity contribution in [2.75, 3.05) is 0 Å². The van der Waals surface area contributed by atoms with Crippen LogP contribution in [0.5, 0.6) is 0 Å². The summed E-state index contributed by atoms with van der Waals surface area (Å²) in [5, 5.41) is 5.70. The molecule has 25 heavy (non-hydrogen) atoms. The number of hydrogen-bond acceptors (Lipinski definition) is 2. The van der Waals surface area contributed by atoms with E-state index in [1.54, 1.807) is 12.1 Å². The molecule has 0 saturated heterocycles. The second kappa shape index (κ2) is 9.18. The van der Waals surface area contributed by atoms with Crippen LogP contribution in [0.1, 0.15) is 28.4 Å². The van der Waals surface area contributed by atoms with Crippen LogP contribution in [-0.2, 0) is 17.8 Å². The molecule has 0 bridgehead atoms. The van der Waals surface area contributed by atoms with Crippen molar-refractivity contribution >= 4 is 27.7 Å². The summed E-state index contributed by atoms with van der Waals surface area (Å²) in [6, 6.07) is 15.3. The molecule has 2 aromatic rings. The SMILES string of the molecule is C=CC(=O)NCc1ccc(C(=O)NC(C)Cc2ccc(Br)cc2)cc1. The molecule has 1 unspecified atom stereocenters. The van der Waals surface area contributed by atoms with Gasteiger partial charge in [-0.05, 0) is 54.8 Å². The Morgan fingerprint density at radius 3 is 2.28 bits per heavy atom. The van der Waals surface area contributed by atoms with E-state index >= 15 is 0 Å². The summed E-state index contributed by atoms with van der Waals surface area (Å²) in [6.07, 6.45) is 2.00. The van der Waals surface area contributed by atoms with E-state index in [1.165, 1.54) is 11.6 Å². The summed E-state index contributed by atoms with van der Waals surface area (Å²) in [5.74, 6) is -0.324. The van der Waals surface area contributed by atoms with Crippen LogP contribution in [0.3, 0.4) is 0 Å². The van der Waals surface area contributed by atoms with Crippen LogP contribution in [-0.4, -0.2) is 17.9 Å². The third kappa shape index (κ3) is 6.19. The minimum absolute atomic E-state index is 0.0280. The summed E-state index contributed by atoms with van der Waals surface area (Å²) >= 11 is 3.41. The lowest BCUT2D eigenvalue weighted by atomic mass is 10.1. The van der Waals surface area contributed by atoms with Crippen LogP contribution >= 0.6 is 15.9 Å². The van der Waals surface area contributed by atoms with Gasteiger partial charge in [0.15, 0.2) is 0 Å². The molecule has 0 spiro atoms. The Bertz CT molecular complexity index is 739. The molecule has 4 nitrogen and oxygen atoms in total. The topological polar surface area (TPSA) is 58.2 Å². The summed E-state index contributed by atoms with van der Waals surface area (Å²) in [7, 11) is 0. The van der Waals surface area contributed by atoms with Gasteiger partial charge in [-0.2, -0.15) is 0 Å². The molecule has 0 aliphatic rings. The van der Waals surface area contributed by atoms with E-state index in [9.17, 15) is 9.59 Å². The van der Waals surface area contributed by atoms with E-state index in [0.717, 1.165) is 16.5 Å². The van der Waals surface area contributed by atoms with Gasteiger partial charge in [-0.1, -0.05) is 46.8 Å². The minimum atomic E-state index is -0.219. The number of carbonyl (C=O) groups excluding carboxylic acids is 2. The molecule has 2 rings (SSSR count). The van der Waals surface area contributed by atoms with Crippen LogP contribution in [0.15, 0.2) is 65.7 Å². The van der Waals surface area contributed by atoms with E-state index in [0.29, 0.717) is 12.1 Å². The third-order valence-corrected chi connectivity index (χ3v) is 4.23. The average Bonchev–Trinajstić information content (AvgIpc) is 2.62. The number of hydrogen-bond donors (Lipinski definition) is 2. The van der Waals surface area contributed by atoms with Crippen molar-refractivity contribution in [3.8, 4) is 0 Å². The Labute approximate surface area is 156 Å². The molecule has 0 heterocycles. The molecule has 0 aliphatic carbocycles. The van der Waals surface area contributed by atoms with E-state index in [2.05, 4.69) is 33.1 Å². The highest BCUT2D eigenvalue weighted by Crippen LogP contribution is 2.12. The quantitative estimate of drug-likeness (QED) is 0.697. The Morgan fingerprint density at radius 2 is 1.68 bits per heavy atom. The average molecular weight is 401 g/mol. The number of halogens is 1. The van der Waals surface area contributed by atoms with Gasteiger partial charge in [-0.15, -0.1) is 0 Å². The van der Waals surface area contributed by atoms with E-state index in [1.807, 2.05) is 43.3 Å². The Balaban J connectivity index is 1.88. The van der Waals surface area contributed by atoms with Crippen LogP contribution in [0.25, 0.3) is 0 Å². The first-order chi connectivity index (χ1) is 12.0. The van der Waals surface area contributed by atoms with Crippen LogP contribution in [0.4, 0.5) is 0 Å². The molecule has 0 radical (unpaired) electrons. The second-order valence-electron chi connectivity index (χ2n) is 5.82. The fourth-order valence-corrected chi connectivity index (χ4v) is 2.63. The van der Waals surface area contributed by atoms with Gasteiger partial charge in [0.1, 0.15) is 0 Å². The van der Waals surface area contributed by atoms with Crippen molar-refractivity contribution in [2.24, 2.45) is 0 Å². The summed E-state index contributed by atoms with van der Waals surface area (Å²) < 4.78 is 1.04. The monoisotopic (exact) mass is 400 g/mol. The molecule has 0 aromatic heterocycles. The zero-order valence-corrected chi connectivity index (χ0v) is 15.7. The Kier molecular flexibility index (Phi) is 6.95. The van der Waals surface area contributed by atoms with Gasteiger partial charge in [0.25, 0.3) is 5.91 Å². The normalized spacial score (nSPS) is 11.4. The highest BCUT2D eigenvalue weighted by Gasteiger charge is 2.10. The number of rotatable bonds is 7. The summed E-state index contributed by atoms with van der Waals surface area (Å²) in [4.78, 5) is 23.5. The van der Waals surface area contributed by atoms with Gasteiger partial charge in [0, 0.05) is 22.6 Å². The fourth-order valence-electron chi connectivity index (χ4n) is 2.37. The van der Waals surface area contributed by atoms with Crippen LogP contribution in [0.2, 0.25) is 0 Å². The highest BCUT2D eigenvalue weighted by atomic mass is 79.9. The maximum atomic E-state index is 12.3. The Hall–Kier alpha value is -2.40. The lowest BCUT2D eigenvalue weighted by Crippen LogP contribution is -2.34. The van der Waals surface area contributed by atoms with E-state index in [4.69, 9.17) is 0 Å². The van der Waals surface area contributed by atoms with Gasteiger partial charge in [0.2, 0.25) is 5.91 Å². The molecule has 130 valence electrons. The van der Waals surface area contributed by atoms with Crippen molar-refractivity contribution in [2.45, 2.75) is 25.9 Å². The molecule has 5 heteroatoms. The van der Waals surface area contributed by atoms with Gasteiger partial charge in [-0.25, -0.2) is 0 Å². The number of carbonyl (C=O) groups is 2. The smallest absolute Gasteiger partial charge is 0.251 e. The summed E-state index contributed by atoms with van der Waals surface area (Å²) in [5.41, 5.74) is 2.69. The maximum absolute atomic E-state index is 12.3. The standard InChI is InChI=1S/C20H21BrN2O2/c1-3-19(24)22-13-16-4-8-17(9-5-16)20(25)23-14(2)12-15-6-10-18(21)11-7-15/h3-11,14H,1,12-13H2,2H3,(H,22,24)(H,23,25). The molecule has 0 saturated carbocycles. The van der Waals surface area contributed by atoms with E-state index in [-0.39, 0.29) is 17.9 Å². The molecule has 2 N–H and O–H groups in total. The zero-order valence-electron chi connectivity index (χ0n) is 14.1. The first-order valence-corrected chi connectivity index (χ1v) is 8.81. The van der Waals surface area contributed by atoms with Gasteiger partial charge >= 0.3 is 0 Å². The molecule has 2 aromatic carbocycles. The molecule has 2 amide bonds. The van der Waals surface area contributed by atoms with Crippen LogP contribution in [0, 0.1) is 0 Å². The first-order valence-electron chi connectivity index (χ1n) is 8.02. The Morgan fingerprint density at radius 1 is 1.08 bits per heavy atom. The van der Waals surface area contributed by atoms with Crippen molar-refractivity contribution in [3.63, 3.8) is 0 Å². The molecule has 1 atom stereocenters. The molecular weight excluding hydrogens is 380 g/mol. The predicted molar refractivity (Wildman–Crippen MR) is 103 cm³/mol. The minimum Gasteiger partial charge on any atom is -0.349 e. The number of benzene rings is 2. The lowest BCUT2D eigenvalue weighted by molar-refractivity contribution is -0.116. The number of nitrogens with one attached hydrogen (secondary N) is 2.